The Balaban J connectivity index is 1.03. The Morgan fingerprint density at radius 1 is 0.496 bits per heavy atom. The van der Waals surface area contributed by atoms with Crippen LogP contribution in [0.2, 0.25) is 10.0 Å². The largest absolute Gasteiger partial charge is 0.508 e. The van der Waals surface area contributed by atoms with Gasteiger partial charge in [0.15, 0.2) is 35.3 Å². The second kappa shape index (κ2) is 41.2. The first kappa shape index (κ1) is 97.0. The number of rotatable bonds is 20. The first-order chi connectivity index (χ1) is 63.4. The van der Waals surface area contributed by atoms with Crippen LogP contribution in [0, 0.1) is 5.92 Å². The highest BCUT2D eigenvalue weighted by molar-refractivity contribution is 6.32. The van der Waals surface area contributed by atoms with Crippen LogP contribution >= 0.6 is 23.2 Å². The Labute approximate surface area is 766 Å². The number of benzene rings is 7. The molecule has 8 amide bonds. The fourth-order valence-corrected chi connectivity index (χ4v) is 17.1. The molecule has 3 saturated heterocycles. The summed E-state index contributed by atoms with van der Waals surface area (Å²) < 4.78 is 57.5. The Kier molecular flexibility index (Phi) is 30.0. The third kappa shape index (κ3) is 21.3. The summed E-state index contributed by atoms with van der Waals surface area (Å²) in [6.07, 6.45) is -24.9. The summed E-state index contributed by atoms with van der Waals surface area (Å²) in [6.45, 7) is 2.03. The van der Waals surface area contributed by atoms with Crippen molar-refractivity contribution in [2.45, 2.75) is 213 Å². The summed E-state index contributed by atoms with van der Waals surface area (Å²) in [6, 6.07) is 0.677. The van der Waals surface area contributed by atoms with Crippen LogP contribution in [0.25, 0.3) is 11.1 Å². The summed E-state index contributed by atoms with van der Waals surface area (Å²) >= 11 is 14.7. The Morgan fingerprint density at radius 3 is 1.68 bits per heavy atom. The number of hydrogen-bond donors (Lipinski definition) is 24. The van der Waals surface area contributed by atoms with Gasteiger partial charge < -0.3 is 167 Å². The van der Waals surface area contributed by atoms with Crippen molar-refractivity contribution < 1.29 is 162 Å². The molecular weight excluding hydrogens is 1790 g/mol. The first-order valence-corrected chi connectivity index (χ1v) is 43.2. The van der Waals surface area contributed by atoms with E-state index in [4.69, 9.17) is 71.6 Å². The number of phenols is 4. The van der Waals surface area contributed by atoms with Gasteiger partial charge >= 0.3 is 5.97 Å². The number of amides is 8. The van der Waals surface area contributed by atoms with Crippen molar-refractivity contribution in [1.82, 2.24) is 42.5 Å². The zero-order valence-electron chi connectivity index (χ0n) is 71.0. The predicted octanol–water partition coefficient (Wildman–Crippen LogP) is 1.41. The molecule has 7 aromatic rings. The van der Waals surface area contributed by atoms with Crippen LogP contribution in [0.15, 0.2) is 115 Å². The van der Waals surface area contributed by atoms with E-state index >= 15 is 24.0 Å². The lowest BCUT2D eigenvalue weighted by atomic mass is 9.89. The van der Waals surface area contributed by atoms with Gasteiger partial charge in [-0.05, 0) is 125 Å². The number of aliphatic hydroxyl groups excluding tert-OH is 10. The lowest BCUT2D eigenvalue weighted by Crippen LogP contribution is -2.65. The fourth-order valence-electron chi connectivity index (χ4n) is 16.6. The number of phenolic OH excluding ortho intramolecular Hbond substituents is 4. The number of aliphatic hydroxyl groups is 10. The summed E-state index contributed by atoms with van der Waals surface area (Å²) in [4.78, 5) is 138. The van der Waals surface area contributed by atoms with Crippen molar-refractivity contribution in [3.63, 3.8) is 0 Å². The smallest absolute Gasteiger partial charge is 0.330 e. The molecule has 23 atom stereocenters. The van der Waals surface area contributed by atoms with Crippen molar-refractivity contribution in [2.75, 3.05) is 19.8 Å². The van der Waals surface area contributed by atoms with Crippen LogP contribution in [0.5, 0.6) is 69.0 Å². The van der Waals surface area contributed by atoms with Crippen molar-refractivity contribution >= 4 is 76.4 Å². The predicted molar refractivity (Wildman–Crippen MR) is 458 cm³/mol. The van der Waals surface area contributed by atoms with Gasteiger partial charge in [0.2, 0.25) is 65.6 Å². The molecule has 0 aromatic heterocycles. The van der Waals surface area contributed by atoms with Gasteiger partial charge in [-0.1, -0.05) is 93.4 Å². The van der Waals surface area contributed by atoms with Gasteiger partial charge in [-0.2, -0.15) is 0 Å². The number of hydrogen-bond acceptors (Lipinski definition) is 33. The number of unbranched alkanes of at least 4 members (excludes halogenated alkanes) is 4. The summed E-state index contributed by atoms with van der Waals surface area (Å²) in [5, 5.41) is 190. The monoisotopic (exact) mass is 1890 g/mol. The zero-order valence-corrected chi connectivity index (χ0v) is 72.5. The van der Waals surface area contributed by atoms with E-state index in [9.17, 15) is 95.8 Å². The van der Waals surface area contributed by atoms with Gasteiger partial charge in [0.1, 0.15) is 156 Å². The molecule has 9 aliphatic rings. The van der Waals surface area contributed by atoms with Crippen molar-refractivity contribution in [3.8, 4) is 80.1 Å². The molecule has 9 aliphatic heterocycles. The molecule has 42 nitrogen and oxygen atoms in total. The first-order valence-electron chi connectivity index (χ1n) is 42.5. The molecule has 25 N–H and O–H groups in total. The molecule has 3 fully saturated rings. The number of aromatic hydroxyl groups is 4. The van der Waals surface area contributed by atoms with E-state index in [0.717, 1.165) is 118 Å². The van der Waals surface area contributed by atoms with Crippen LogP contribution in [-0.2, 0) is 68.5 Å². The maximum atomic E-state index is 17.0. The lowest BCUT2D eigenvalue weighted by molar-refractivity contribution is -0.284. The van der Waals surface area contributed by atoms with Crippen molar-refractivity contribution in [2.24, 2.45) is 11.7 Å². The number of aliphatic carboxylic acids is 1. The molecule has 0 saturated carbocycles. The van der Waals surface area contributed by atoms with Gasteiger partial charge in [0.25, 0.3) is 0 Å². The topological polar surface area (TPSA) is 662 Å². The number of carboxylic acid groups (broad SMARTS) is 1. The maximum Gasteiger partial charge on any atom is 0.330 e. The number of halogens is 2. The van der Waals surface area contributed by atoms with Gasteiger partial charge in [-0.15, -0.1) is 0 Å². The molecule has 9 heterocycles. The van der Waals surface area contributed by atoms with E-state index in [0.29, 0.717) is 18.8 Å². The number of nitrogens with one attached hydrogen (secondary N) is 8. The molecular formula is C89H99Cl2N9O33. The number of carbonyl (C=O) groups is 9. The zero-order chi connectivity index (χ0) is 95.6. The molecule has 17 bridgehead atoms. The van der Waals surface area contributed by atoms with E-state index in [1.54, 1.807) is 0 Å². The highest BCUT2D eigenvalue weighted by atomic mass is 35.5. The van der Waals surface area contributed by atoms with Gasteiger partial charge in [0, 0.05) is 48.6 Å². The van der Waals surface area contributed by atoms with E-state index in [2.05, 4.69) is 56.4 Å². The molecule has 7 aromatic carbocycles. The van der Waals surface area contributed by atoms with Crippen LogP contribution in [0.4, 0.5) is 0 Å². The number of carbonyl (C=O) groups excluding carboxylic acids is 8. The molecule has 712 valence electrons. The van der Waals surface area contributed by atoms with E-state index < -0.39 is 316 Å². The molecule has 0 spiro atoms. The van der Waals surface area contributed by atoms with Crippen molar-refractivity contribution in [1.29, 1.82) is 0 Å². The third-order valence-electron chi connectivity index (χ3n) is 23.6. The minimum absolute atomic E-state index is 0.0270. The normalized spacial score (nSPS) is 28.8. The third-order valence-corrected chi connectivity index (χ3v) is 24.2. The lowest BCUT2D eigenvalue weighted by Gasteiger charge is -2.44. The standard InChI is InChI=1S/C89H99Cl2N9O33/c1-34(2)9-7-5-4-6-8-10-61(109)95-69-75(114)72(111)59(32-102)130-88(69)133-79-56-26-41-27-57(79)127-53-18-14-39(24-48(53)91)78(132-87-68(93-35(3)104)74(113)71(110)58(31-101)129-87)70-85(122)99-67(86(123)124)46-29-43(106)30-55(128-89-77(116)76(115)73(112)60(33-103)131-89)62(46)45-23-38(13-15-50(45)107)64(82(119)100-70)97-84(121)66(41)98-83(120)65-40-21-42(105)28-44(22-40)125-54-25-37(12-16-51(54)108)63(92)81(118)94-49(80(117)96-65)20-36-11-17-52(126-56)47(90)19-36/h11-19,21-30,34,49,58-60,63-78,87-89,101-103,105-108,110-116H,4-10,20,31-33,92H2,1-3H3,(H,93,104)(H,94,118)(H,95,109)(H,96,117)(H,97,121)(H,98,120)(H,99,122)(H,100,119)(H,123,124)/t49-,58-,59+,60-,63-,64-,65+,66-,67+,68-,69+,70+,71-,72+,73-,74-,75+,76+,77+,78-,87+,88+,89+/m1/s1. The van der Waals surface area contributed by atoms with E-state index in [1.807, 2.05) is 0 Å². The Morgan fingerprint density at radius 2 is 1.05 bits per heavy atom. The number of nitrogens with two attached hydrogens (primary N) is 1. The van der Waals surface area contributed by atoms with Gasteiger partial charge in [-0.3, -0.25) is 38.4 Å². The Hall–Kier alpha value is -12.0. The number of ether oxygens (including phenoxy) is 9. The minimum Gasteiger partial charge on any atom is -0.508 e. The fraction of sp³-hybridized carbons (Fsp3) is 0.427. The maximum absolute atomic E-state index is 17.0. The van der Waals surface area contributed by atoms with Crippen LogP contribution in [0.3, 0.4) is 0 Å². The highest BCUT2D eigenvalue weighted by Crippen LogP contribution is 2.51. The van der Waals surface area contributed by atoms with Crippen molar-refractivity contribution in [3.05, 3.63) is 164 Å². The molecule has 0 radical (unpaired) electrons. The summed E-state index contributed by atoms with van der Waals surface area (Å²) in [7, 11) is 0. The van der Waals surface area contributed by atoms with E-state index in [-0.39, 0.29) is 39.8 Å². The SMILES string of the molecule is CC(=O)N[C@H]1[C@H](O[C@@H]2c3ccc(c(Cl)c3)Oc3cc4cc(c3O[C@@H]3O[C@@H](CO)[C@H](O)[C@@H](O)[C@@H]3NC(=O)CCCCCCCC(C)C)Oc3ccc(cc3Cl)C[C@H]3NC(=O)[C@H](N)c5ccc(O)c(c5)Oc5cc(O)cc(c5)[C@H](NC3=O)C(=O)N[C@H]4C(=O)N[C@H]3C(=O)N[C@@H]2C(=O)N[C@H](C(=O)O)c2cc(O)cc(O[C@H]4O[C@H](CO)[C@@H](O)[C@H](O)[C@@H]4O)c2-c2cc3ccc2O)O[C@H](CO)[C@@H](O)[C@@H]1O. The second-order valence-electron chi connectivity index (χ2n) is 33.5. The molecule has 133 heavy (non-hydrogen) atoms. The molecule has 16 rings (SSSR count). The average molecular weight is 1890 g/mol. The number of carboxylic acids is 1. The second-order valence-corrected chi connectivity index (χ2v) is 34.4. The van der Waals surface area contributed by atoms with Crippen LogP contribution < -0.4 is 72.0 Å². The highest BCUT2D eigenvalue weighted by Gasteiger charge is 2.52. The Bertz CT molecular complexity index is 5580. The van der Waals surface area contributed by atoms with Gasteiger partial charge in [-0.25, -0.2) is 4.79 Å². The van der Waals surface area contributed by atoms with Crippen LogP contribution in [0.1, 0.15) is 141 Å². The molecule has 0 aliphatic carbocycles. The summed E-state index contributed by atoms with van der Waals surface area (Å²) in [5.41, 5.74) is 2.80. The average Bonchev–Trinajstić information content (AvgIpc) is 0.755. The molecule has 44 heteroatoms. The molecule has 0 unspecified atom stereocenters. The number of fused-ring (bicyclic) bond motifs is 14. The quantitative estimate of drug-likeness (QED) is 0.0480. The summed E-state index contributed by atoms with van der Waals surface area (Å²) in [5.74, 6) is -19.1. The minimum atomic E-state index is -2.59. The van der Waals surface area contributed by atoms with Gasteiger partial charge in [0.05, 0.1) is 29.9 Å². The van der Waals surface area contributed by atoms with E-state index in [1.165, 1.54) is 30.3 Å². The van der Waals surface area contributed by atoms with Crippen LogP contribution in [-0.4, -0.2) is 254 Å².